The Morgan fingerprint density at radius 2 is 1.79 bits per heavy atom. The SMILES string of the molecule is CCn1c(SCC(=O)Nc2scc(-c3ccccc3)c2C(=O)OC)nnc1-c1ccc(OC2CCCC2)cc1. The standard InChI is InChI=1S/C29H30N4O4S2/c1-3-33-26(20-13-15-22(16-14-20)37-21-11-7-8-12-21)31-32-29(33)39-18-24(34)30-27-25(28(35)36-2)23(17-38-27)19-9-5-4-6-10-19/h4-6,9-10,13-17,21H,3,7-8,11-12,18H2,1-2H3,(H,30,34). The van der Waals surface area contributed by atoms with Gasteiger partial charge in [-0.3, -0.25) is 4.79 Å². The molecule has 1 N–H and O–H groups in total. The molecule has 2 aromatic carbocycles. The summed E-state index contributed by atoms with van der Waals surface area (Å²) < 4.78 is 13.1. The number of ether oxygens (including phenoxy) is 2. The number of esters is 1. The normalized spacial score (nSPS) is 13.4. The molecule has 4 aromatic rings. The number of amides is 1. The van der Waals surface area contributed by atoms with Gasteiger partial charge in [0.1, 0.15) is 16.3 Å². The average molecular weight is 563 g/mol. The lowest BCUT2D eigenvalue weighted by molar-refractivity contribution is -0.113. The van der Waals surface area contributed by atoms with Crippen LogP contribution >= 0.6 is 23.1 Å². The molecular weight excluding hydrogens is 532 g/mol. The number of hydrogen-bond donors (Lipinski definition) is 1. The molecule has 0 spiro atoms. The van der Waals surface area contributed by atoms with E-state index >= 15 is 0 Å². The highest BCUT2D eigenvalue weighted by atomic mass is 32.2. The molecule has 0 unspecified atom stereocenters. The van der Waals surface area contributed by atoms with Crippen LogP contribution in [-0.4, -0.2) is 45.6 Å². The Kier molecular flexibility index (Phi) is 8.63. The lowest BCUT2D eigenvalue weighted by atomic mass is 10.0. The minimum Gasteiger partial charge on any atom is -0.490 e. The van der Waals surface area contributed by atoms with Gasteiger partial charge in [-0.25, -0.2) is 4.79 Å². The van der Waals surface area contributed by atoms with Crippen molar-refractivity contribution in [3.63, 3.8) is 0 Å². The Hall–Kier alpha value is -3.63. The monoisotopic (exact) mass is 562 g/mol. The molecule has 1 amide bonds. The molecule has 0 atom stereocenters. The lowest BCUT2D eigenvalue weighted by Crippen LogP contribution is -2.16. The number of benzene rings is 2. The summed E-state index contributed by atoms with van der Waals surface area (Å²) in [7, 11) is 1.33. The van der Waals surface area contributed by atoms with Gasteiger partial charge < -0.3 is 19.4 Å². The van der Waals surface area contributed by atoms with E-state index in [0.717, 1.165) is 41.1 Å². The van der Waals surface area contributed by atoms with Crippen molar-refractivity contribution in [3.05, 3.63) is 65.5 Å². The number of nitrogens with one attached hydrogen (secondary N) is 1. The summed E-state index contributed by atoms with van der Waals surface area (Å²) in [5.41, 5.74) is 2.90. The van der Waals surface area contributed by atoms with E-state index in [1.54, 1.807) is 0 Å². The summed E-state index contributed by atoms with van der Waals surface area (Å²) in [4.78, 5) is 25.5. The molecule has 0 radical (unpaired) electrons. The van der Waals surface area contributed by atoms with Crippen LogP contribution in [0.25, 0.3) is 22.5 Å². The van der Waals surface area contributed by atoms with Gasteiger partial charge in [-0.15, -0.1) is 21.5 Å². The highest BCUT2D eigenvalue weighted by Crippen LogP contribution is 2.36. The molecule has 10 heteroatoms. The Balaban J connectivity index is 1.25. The van der Waals surface area contributed by atoms with E-state index in [-0.39, 0.29) is 11.7 Å². The summed E-state index contributed by atoms with van der Waals surface area (Å²) in [5, 5.41) is 14.6. The number of carbonyl (C=O) groups excluding carboxylic acids is 2. The molecule has 2 heterocycles. The maximum absolute atomic E-state index is 12.9. The Labute approximate surface area is 235 Å². The molecule has 202 valence electrons. The van der Waals surface area contributed by atoms with Crippen molar-refractivity contribution in [1.29, 1.82) is 0 Å². The highest BCUT2D eigenvalue weighted by molar-refractivity contribution is 7.99. The van der Waals surface area contributed by atoms with Gasteiger partial charge in [0.15, 0.2) is 11.0 Å². The third kappa shape index (κ3) is 6.17. The second kappa shape index (κ2) is 12.5. The van der Waals surface area contributed by atoms with Crippen LogP contribution in [0.1, 0.15) is 43.0 Å². The van der Waals surface area contributed by atoms with Gasteiger partial charge >= 0.3 is 5.97 Å². The largest absolute Gasteiger partial charge is 0.490 e. The summed E-state index contributed by atoms with van der Waals surface area (Å²) >= 11 is 2.60. The molecule has 1 fully saturated rings. The fraction of sp³-hybridized carbons (Fsp3) is 0.310. The quantitative estimate of drug-likeness (QED) is 0.173. The number of anilines is 1. The maximum Gasteiger partial charge on any atom is 0.341 e. The molecule has 8 nitrogen and oxygen atoms in total. The van der Waals surface area contributed by atoms with Crippen molar-refractivity contribution in [1.82, 2.24) is 14.8 Å². The third-order valence-corrected chi connectivity index (χ3v) is 8.46. The van der Waals surface area contributed by atoms with Crippen LogP contribution < -0.4 is 10.1 Å². The fourth-order valence-corrected chi connectivity index (χ4v) is 6.43. The summed E-state index contributed by atoms with van der Waals surface area (Å²) in [5.74, 6) is 0.993. The zero-order valence-corrected chi connectivity index (χ0v) is 23.5. The van der Waals surface area contributed by atoms with Crippen LogP contribution in [0.2, 0.25) is 0 Å². The van der Waals surface area contributed by atoms with Crippen LogP contribution in [0.5, 0.6) is 5.75 Å². The van der Waals surface area contributed by atoms with Crippen molar-refractivity contribution in [2.24, 2.45) is 0 Å². The van der Waals surface area contributed by atoms with Gasteiger partial charge in [0.25, 0.3) is 0 Å². The molecule has 0 aliphatic heterocycles. The number of hydrogen-bond acceptors (Lipinski definition) is 8. The molecule has 1 aliphatic rings. The van der Waals surface area contributed by atoms with E-state index in [1.165, 1.54) is 43.1 Å². The van der Waals surface area contributed by atoms with Crippen molar-refractivity contribution in [2.45, 2.75) is 50.4 Å². The first-order valence-corrected chi connectivity index (χ1v) is 14.8. The molecule has 2 aromatic heterocycles. The van der Waals surface area contributed by atoms with E-state index in [1.807, 2.05) is 71.5 Å². The van der Waals surface area contributed by atoms with E-state index in [4.69, 9.17) is 9.47 Å². The van der Waals surface area contributed by atoms with Gasteiger partial charge in [-0.2, -0.15) is 0 Å². The minimum absolute atomic E-state index is 0.117. The number of nitrogens with zero attached hydrogens (tertiary/aromatic N) is 3. The Morgan fingerprint density at radius 3 is 2.49 bits per heavy atom. The first kappa shape index (κ1) is 27.0. The predicted octanol–water partition coefficient (Wildman–Crippen LogP) is 6.53. The number of aromatic nitrogens is 3. The van der Waals surface area contributed by atoms with Gasteiger partial charge in [0.2, 0.25) is 5.91 Å². The molecule has 5 rings (SSSR count). The van der Waals surface area contributed by atoms with Crippen LogP contribution in [0.4, 0.5) is 5.00 Å². The topological polar surface area (TPSA) is 95.3 Å². The first-order valence-electron chi connectivity index (χ1n) is 13.0. The number of thioether (sulfide) groups is 1. The van der Waals surface area contributed by atoms with Crippen LogP contribution in [0, 0.1) is 0 Å². The van der Waals surface area contributed by atoms with E-state index in [0.29, 0.717) is 28.4 Å². The van der Waals surface area contributed by atoms with Gasteiger partial charge in [-0.1, -0.05) is 42.1 Å². The zero-order valence-electron chi connectivity index (χ0n) is 21.9. The fourth-order valence-electron chi connectivity index (χ4n) is 4.65. The van der Waals surface area contributed by atoms with Crippen molar-refractivity contribution >= 4 is 40.0 Å². The van der Waals surface area contributed by atoms with E-state index in [9.17, 15) is 9.59 Å². The first-order chi connectivity index (χ1) is 19.1. The maximum atomic E-state index is 12.9. The van der Waals surface area contributed by atoms with Gasteiger partial charge in [0, 0.05) is 23.1 Å². The summed E-state index contributed by atoms with van der Waals surface area (Å²) in [6, 6.07) is 17.5. The Morgan fingerprint density at radius 1 is 1.05 bits per heavy atom. The number of carbonyl (C=O) groups is 2. The highest BCUT2D eigenvalue weighted by Gasteiger charge is 2.23. The van der Waals surface area contributed by atoms with Crippen LogP contribution in [-0.2, 0) is 16.1 Å². The van der Waals surface area contributed by atoms with Crippen molar-refractivity contribution < 1.29 is 19.1 Å². The molecule has 0 saturated heterocycles. The van der Waals surface area contributed by atoms with Gasteiger partial charge in [0.05, 0.1) is 19.0 Å². The van der Waals surface area contributed by atoms with Crippen LogP contribution in [0.3, 0.4) is 0 Å². The number of thiophene rings is 1. The lowest BCUT2D eigenvalue weighted by Gasteiger charge is -2.13. The van der Waals surface area contributed by atoms with Crippen molar-refractivity contribution in [2.75, 3.05) is 18.2 Å². The average Bonchev–Trinajstić information content (AvgIpc) is 3.72. The molecule has 1 aliphatic carbocycles. The van der Waals surface area contributed by atoms with Crippen molar-refractivity contribution in [3.8, 4) is 28.3 Å². The predicted molar refractivity (Wildman–Crippen MR) is 154 cm³/mol. The number of methoxy groups -OCH3 is 1. The summed E-state index contributed by atoms with van der Waals surface area (Å²) in [6.45, 7) is 2.68. The summed E-state index contributed by atoms with van der Waals surface area (Å²) in [6.07, 6.45) is 5.01. The van der Waals surface area contributed by atoms with E-state index in [2.05, 4.69) is 15.5 Å². The molecule has 39 heavy (non-hydrogen) atoms. The second-order valence-electron chi connectivity index (χ2n) is 9.15. The third-order valence-electron chi connectivity index (χ3n) is 6.60. The smallest absolute Gasteiger partial charge is 0.341 e. The van der Waals surface area contributed by atoms with Gasteiger partial charge in [-0.05, 0) is 62.4 Å². The molecule has 1 saturated carbocycles. The molecule has 0 bridgehead atoms. The van der Waals surface area contributed by atoms with E-state index < -0.39 is 5.97 Å². The second-order valence-corrected chi connectivity index (χ2v) is 11.0. The minimum atomic E-state index is -0.493. The van der Waals surface area contributed by atoms with Crippen LogP contribution in [0.15, 0.2) is 65.1 Å². The Bertz CT molecular complexity index is 1430. The molecular formula is C29H30N4O4S2. The number of rotatable bonds is 10. The zero-order chi connectivity index (χ0) is 27.2.